The third-order valence-electron chi connectivity index (χ3n) is 3.65. The molecule has 0 bridgehead atoms. The first kappa shape index (κ1) is 20.2. The Bertz CT molecular complexity index is 1080. The second kappa shape index (κ2) is 7.81. The minimum absolute atomic E-state index is 0.235. The molecule has 0 atom stereocenters. The Morgan fingerprint density at radius 1 is 1.04 bits per heavy atom. The zero-order valence-electron chi connectivity index (χ0n) is 15.8. The molecular formula is C20H21NO5S2. The number of benzene rings is 2. The number of thiophene rings is 1. The number of fused-ring (bicyclic) bond motifs is 1. The van der Waals surface area contributed by atoms with Crippen molar-refractivity contribution >= 4 is 43.8 Å². The van der Waals surface area contributed by atoms with Gasteiger partial charge in [-0.2, -0.15) is 0 Å². The fraction of sp³-hybridized carbons (Fsp3) is 0.250. The molecule has 0 radical (unpaired) electrons. The number of nitrogens with one attached hydrogen (secondary N) is 1. The number of carbonyl (C=O) groups is 1. The zero-order valence-corrected chi connectivity index (χ0v) is 17.4. The first-order valence-corrected chi connectivity index (χ1v) is 10.9. The molecule has 3 aromatic rings. The van der Waals surface area contributed by atoms with Gasteiger partial charge in [-0.15, -0.1) is 11.3 Å². The van der Waals surface area contributed by atoms with E-state index in [4.69, 9.17) is 9.47 Å². The number of sulfonamides is 1. The van der Waals surface area contributed by atoms with Crippen LogP contribution in [0.3, 0.4) is 0 Å². The number of anilines is 1. The van der Waals surface area contributed by atoms with E-state index < -0.39 is 21.6 Å². The molecule has 0 aliphatic carbocycles. The lowest BCUT2D eigenvalue weighted by Crippen LogP contribution is -2.27. The molecular weight excluding hydrogens is 398 g/mol. The molecule has 0 aliphatic heterocycles. The predicted octanol–water partition coefficient (Wildman–Crippen LogP) is 4.42. The molecule has 0 fully saturated rings. The summed E-state index contributed by atoms with van der Waals surface area (Å²) in [6.07, 6.45) is 0. The van der Waals surface area contributed by atoms with Crippen LogP contribution in [-0.2, 0) is 19.6 Å². The summed E-state index contributed by atoms with van der Waals surface area (Å²) in [5.74, 6) is -0.000383. The molecule has 1 N–H and O–H groups in total. The number of ether oxygens (including phenoxy) is 2. The van der Waals surface area contributed by atoms with E-state index in [1.54, 1.807) is 56.5 Å². The maximum atomic E-state index is 12.5. The van der Waals surface area contributed by atoms with Crippen LogP contribution in [0.25, 0.3) is 10.8 Å². The van der Waals surface area contributed by atoms with E-state index in [0.717, 1.165) is 11.3 Å². The highest BCUT2D eigenvalue weighted by molar-refractivity contribution is 7.94. The van der Waals surface area contributed by atoms with Gasteiger partial charge in [-0.3, -0.25) is 4.72 Å². The largest absolute Gasteiger partial charge is 0.481 e. The van der Waals surface area contributed by atoms with E-state index in [1.807, 2.05) is 18.2 Å². The van der Waals surface area contributed by atoms with E-state index in [-0.39, 0.29) is 10.8 Å². The van der Waals surface area contributed by atoms with Crippen molar-refractivity contribution in [2.75, 3.05) is 11.3 Å². The van der Waals surface area contributed by atoms with Gasteiger partial charge in [0.15, 0.2) is 6.61 Å². The molecule has 1 aromatic heterocycles. The predicted molar refractivity (Wildman–Crippen MR) is 110 cm³/mol. The Labute approximate surface area is 168 Å². The first-order valence-electron chi connectivity index (χ1n) is 8.58. The highest BCUT2D eigenvalue weighted by Crippen LogP contribution is 2.33. The van der Waals surface area contributed by atoms with Gasteiger partial charge in [0.25, 0.3) is 10.0 Å². The monoisotopic (exact) mass is 419 g/mol. The van der Waals surface area contributed by atoms with Gasteiger partial charge in [0.1, 0.15) is 15.6 Å². The zero-order chi connectivity index (χ0) is 20.4. The highest BCUT2D eigenvalue weighted by atomic mass is 32.2. The van der Waals surface area contributed by atoms with Gasteiger partial charge >= 0.3 is 5.97 Å². The molecule has 3 rings (SSSR count). The maximum absolute atomic E-state index is 12.5. The van der Waals surface area contributed by atoms with E-state index >= 15 is 0 Å². The van der Waals surface area contributed by atoms with Crippen LogP contribution in [0.15, 0.2) is 58.1 Å². The normalized spacial score (nSPS) is 12.0. The molecule has 0 spiro atoms. The topological polar surface area (TPSA) is 81.7 Å². The van der Waals surface area contributed by atoms with E-state index in [0.29, 0.717) is 22.2 Å². The molecule has 6 nitrogen and oxygen atoms in total. The molecule has 0 unspecified atom stereocenters. The minimum atomic E-state index is -3.67. The highest BCUT2D eigenvalue weighted by Gasteiger charge is 2.19. The van der Waals surface area contributed by atoms with Crippen LogP contribution >= 0.6 is 11.3 Å². The van der Waals surface area contributed by atoms with Crippen LogP contribution < -0.4 is 9.46 Å². The van der Waals surface area contributed by atoms with Crippen LogP contribution in [0, 0.1) is 0 Å². The average molecular weight is 420 g/mol. The number of esters is 1. The van der Waals surface area contributed by atoms with E-state index in [1.165, 1.54) is 0 Å². The Hall–Kier alpha value is -2.58. The summed E-state index contributed by atoms with van der Waals surface area (Å²) >= 11 is 1.15. The van der Waals surface area contributed by atoms with Crippen molar-refractivity contribution in [2.45, 2.75) is 30.6 Å². The van der Waals surface area contributed by atoms with Gasteiger partial charge in [-0.25, -0.2) is 13.2 Å². The van der Waals surface area contributed by atoms with Gasteiger partial charge in [-0.1, -0.05) is 30.3 Å². The van der Waals surface area contributed by atoms with Crippen LogP contribution in [0.2, 0.25) is 0 Å². The van der Waals surface area contributed by atoms with Crippen LogP contribution in [-0.4, -0.2) is 26.6 Å². The van der Waals surface area contributed by atoms with Crippen molar-refractivity contribution in [3.8, 4) is 5.75 Å². The second-order valence-electron chi connectivity index (χ2n) is 7.07. The summed E-state index contributed by atoms with van der Waals surface area (Å²) in [6, 6.07) is 13.7. The molecule has 0 aliphatic rings. The van der Waals surface area contributed by atoms with Crippen LogP contribution in [0.4, 0.5) is 5.69 Å². The number of hydrogen-bond acceptors (Lipinski definition) is 6. The van der Waals surface area contributed by atoms with Crippen LogP contribution in [0.1, 0.15) is 20.8 Å². The lowest BCUT2D eigenvalue weighted by atomic mass is 10.1. The van der Waals surface area contributed by atoms with Crippen molar-refractivity contribution in [1.29, 1.82) is 0 Å². The van der Waals surface area contributed by atoms with E-state index in [9.17, 15) is 13.2 Å². The molecule has 1 heterocycles. The lowest BCUT2D eigenvalue weighted by molar-refractivity contribution is -0.157. The van der Waals surface area contributed by atoms with Gasteiger partial charge in [0.05, 0.1) is 5.69 Å². The molecule has 0 saturated carbocycles. The SMILES string of the molecule is CC(C)(C)OC(=O)COc1ccc(NS(=O)(=O)c2cccs2)c2ccccc12. The second-order valence-corrected chi connectivity index (χ2v) is 9.93. The Balaban J connectivity index is 1.86. The Morgan fingerprint density at radius 2 is 1.75 bits per heavy atom. The van der Waals surface area contributed by atoms with Crippen molar-refractivity contribution in [3.05, 3.63) is 53.9 Å². The summed E-state index contributed by atoms with van der Waals surface area (Å²) in [4.78, 5) is 11.9. The molecule has 8 heteroatoms. The fourth-order valence-corrected chi connectivity index (χ4v) is 4.68. The van der Waals surface area contributed by atoms with Crippen molar-refractivity contribution in [3.63, 3.8) is 0 Å². The van der Waals surface area contributed by atoms with Gasteiger partial charge in [0, 0.05) is 10.8 Å². The summed E-state index contributed by atoms with van der Waals surface area (Å²) in [5, 5.41) is 3.07. The van der Waals surface area contributed by atoms with Crippen molar-refractivity contribution in [1.82, 2.24) is 0 Å². The quantitative estimate of drug-likeness (QED) is 0.598. The maximum Gasteiger partial charge on any atom is 0.344 e. The number of rotatable bonds is 6. The minimum Gasteiger partial charge on any atom is -0.481 e. The standard InChI is InChI=1S/C20H21NO5S2/c1-20(2,3)26-18(22)13-25-17-11-10-16(14-7-4-5-8-15(14)17)21-28(23,24)19-9-6-12-27-19/h4-12,21H,13H2,1-3H3. The average Bonchev–Trinajstić information content (AvgIpc) is 3.15. The lowest BCUT2D eigenvalue weighted by Gasteiger charge is -2.20. The van der Waals surface area contributed by atoms with Crippen LogP contribution in [0.5, 0.6) is 5.75 Å². The molecule has 0 saturated heterocycles. The Morgan fingerprint density at radius 3 is 2.39 bits per heavy atom. The summed E-state index contributed by atoms with van der Waals surface area (Å²) in [5.41, 5.74) is -0.152. The third-order valence-corrected chi connectivity index (χ3v) is 6.42. The van der Waals surface area contributed by atoms with E-state index in [2.05, 4.69) is 4.72 Å². The summed E-state index contributed by atoms with van der Waals surface area (Å²) < 4.78 is 38.8. The summed E-state index contributed by atoms with van der Waals surface area (Å²) in [6.45, 7) is 5.12. The molecule has 148 valence electrons. The third kappa shape index (κ3) is 4.82. The van der Waals surface area contributed by atoms with Gasteiger partial charge in [0.2, 0.25) is 0 Å². The smallest absolute Gasteiger partial charge is 0.344 e. The Kier molecular flexibility index (Phi) is 5.62. The molecule has 28 heavy (non-hydrogen) atoms. The fourth-order valence-electron chi connectivity index (χ4n) is 2.61. The van der Waals surface area contributed by atoms with Gasteiger partial charge in [-0.05, 0) is 44.4 Å². The summed E-state index contributed by atoms with van der Waals surface area (Å²) in [7, 11) is -3.67. The molecule has 0 amide bonds. The van der Waals surface area contributed by atoms with Crippen molar-refractivity contribution in [2.24, 2.45) is 0 Å². The van der Waals surface area contributed by atoms with Crippen molar-refractivity contribution < 1.29 is 22.7 Å². The number of hydrogen-bond donors (Lipinski definition) is 1. The first-order chi connectivity index (χ1) is 13.2. The number of carbonyl (C=O) groups excluding carboxylic acids is 1. The van der Waals surface area contributed by atoms with Gasteiger partial charge < -0.3 is 9.47 Å². The molecule has 2 aromatic carbocycles.